The molecule has 0 aliphatic carbocycles. The maximum Gasteiger partial charge on any atom is 0.131 e. The van der Waals surface area contributed by atoms with E-state index in [-0.39, 0.29) is 5.82 Å². The molecule has 1 heteroatoms. The summed E-state index contributed by atoms with van der Waals surface area (Å²) in [6.45, 7) is 2.02. The van der Waals surface area contributed by atoms with E-state index in [9.17, 15) is 4.39 Å². The maximum absolute atomic E-state index is 13.8. The van der Waals surface area contributed by atoms with Crippen LogP contribution in [0.2, 0.25) is 0 Å². The van der Waals surface area contributed by atoms with Crippen molar-refractivity contribution in [2.24, 2.45) is 0 Å². The number of aryl methyl sites for hydroxylation is 1. The van der Waals surface area contributed by atoms with Gasteiger partial charge in [0.2, 0.25) is 0 Å². The zero-order chi connectivity index (χ0) is 11.1. The monoisotopic (exact) mass is 210 g/mol. The molecule has 0 atom stereocenters. The predicted octanol–water partition coefficient (Wildman–Crippen LogP) is 4.44. The Morgan fingerprint density at radius 1 is 0.812 bits per heavy atom. The molecule has 0 aliphatic heterocycles. The first-order chi connectivity index (χ1) is 7.75. The van der Waals surface area contributed by atoms with Gasteiger partial charge in [0.25, 0.3) is 0 Å². The van der Waals surface area contributed by atoms with Gasteiger partial charge in [-0.05, 0) is 29.1 Å². The summed E-state index contributed by atoms with van der Waals surface area (Å²) in [4.78, 5) is 0. The van der Waals surface area contributed by atoms with E-state index in [0.29, 0.717) is 5.39 Å². The van der Waals surface area contributed by atoms with E-state index in [4.69, 9.17) is 0 Å². The van der Waals surface area contributed by atoms with Crippen molar-refractivity contribution in [3.63, 3.8) is 0 Å². The number of hydrogen-bond donors (Lipinski definition) is 0. The summed E-state index contributed by atoms with van der Waals surface area (Å²) in [6.07, 6.45) is 0. The number of halogens is 1. The molecule has 0 N–H and O–H groups in total. The van der Waals surface area contributed by atoms with Crippen LogP contribution in [0.1, 0.15) is 5.56 Å². The van der Waals surface area contributed by atoms with Crippen LogP contribution in [0.25, 0.3) is 21.5 Å². The third kappa shape index (κ3) is 1.28. The molecule has 0 spiro atoms. The molecule has 0 aromatic heterocycles. The van der Waals surface area contributed by atoms with Crippen LogP contribution < -0.4 is 0 Å². The van der Waals surface area contributed by atoms with Crippen LogP contribution in [0.4, 0.5) is 4.39 Å². The molecule has 0 amide bonds. The van der Waals surface area contributed by atoms with Crippen molar-refractivity contribution in [1.29, 1.82) is 0 Å². The lowest BCUT2D eigenvalue weighted by molar-refractivity contribution is 0.641. The Hall–Kier alpha value is -1.89. The van der Waals surface area contributed by atoms with Crippen LogP contribution >= 0.6 is 0 Å². The lowest BCUT2D eigenvalue weighted by atomic mass is 10.0. The first kappa shape index (κ1) is 9.34. The van der Waals surface area contributed by atoms with E-state index in [1.54, 1.807) is 6.07 Å². The van der Waals surface area contributed by atoms with E-state index in [0.717, 1.165) is 21.7 Å². The van der Waals surface area contributed by atoms with Crippen LogP contribution in [0, 0.1) is 12.7 Å². The molecule has 0 bridgehead atoms. The predicted molar refractivity (Wildman–Crippen MR) is 66.1 cm³/mol. The minimum absolute atomic E-state index is 0.145. The number of hydrogen-bond acceptors (Lipinski definition) is 0. The fourth-order valence-electron chi connectivity index (χ4n) is 2.19. The highest BCUT2D eigenvalue weighted by atomic mass is 19.1. The third-order valence-corrected chi connectivity index (χ3v) is 2.96. The zero-order valence-corrected chi connectivity index (χ0v) is 9.00. The van der Waals surface area contributed by atoms with Gasteiger partial charge in [0.1, 0.15) is 5.82 Å². The fourth-order valence-corrected chi connectivity index (χ4v) is 2.19. The topological polar surface area (TPSA) is 0 Å². The van der Waals surface area contributed by atoms with Gasteiger partial charge in [-0.3, -0.25) is 0 Å². The summed E-state index contributed by atoms with van der Waals surface area (Å²) in [6, 6.07) is 15.4. The van der Waals surface area contributed by atoms with Crippen LogP contribution in [0.3, 0.4) is 0 Å². The Morgan fingerprint density at radius 2 is 1.56 bits per heavy atom. The molecule has 0 fully saturated rings. The molecule has 0 unspecified atom stereocenters. The first-order valence-corrected chi connectivity index (χ1v) is 5.33. The Balaban J connectivity index is 2.59. The molecule has 0 saturated carbocycles. The quantitative estimate of drug-likeness (QED) is 0.481. The van der Waals surface area contributed by atoms with Crippen molar-refractivity contribution in [2.75, 3.05) is 0 Å². The molecular weight excluding hydrogens is 199 g/mol. The SMILES string of the molecule is Cc1ccc2c(c1)cc(F)c1ccccc12. The Kier molecular flexibility index (Phi) is 1.93. The van der Waals surface area contributed by atoms with E-state index >= 15 is 0 Å². The normalized spacial score (nSPS) is 11.1. The van der Waals surface area contributed by atoms with E-state index in [1.807, 2.05) is 37.3 Å². The highest BCUT2D eigenvalue weighted by Gasteiger charge is 2.05. The highest BCUT2D eigenvalue weighted by molar-refractivity contribution is 6.07. The Morgan fingerprint density at radius 3 is 2.38 bits per heavy atom. The van der Waals surface area contributed by atoms with Gasteiger partial charge in [-0.15, -0.1) is 0 Å². The molecule has 0 aliphatic rings. The molecule has 3 aromatic carbocycles. The average molecular weight is 210 g/mol. The second-order valence-electron chi connectivity index (χ2n) is 4.13. The maximum atomic E-state index is 13.8. The fraction of sp³-hybridized carbons (Fsp3) is 0.0667. The lowest BCUT2D eigenvalue weighted by Gasteiger charge is -2.05. The minimum atomic E-state index is -0.145. The summed E-state index contributed by atoms with van der Waals surface area (Å²) < 4.78 is 13.8. The summed E-state index contributed by atoms with van der Waals surface area (Å²) in [7, 11) is 0. The van der Waals surface area contributed by atoms with Crippen molar-refractivity contribution >= 4 is 21.5 Å². The standard InChI is InChI=1S/C15H11F/c1-10-6-7-12-11(8-10)9-15(16)14-5-3-2-4-13(12)14/h2-9H,1H3. The third-order valence-electron chi connectivity index (χ3n) is 2.96. The van der Waals surface area contributed by atoms with Gasteiger partial charge in [0.15, 0.2) is 0 Å². The van der Waals surface area contributed by atoms with E-state index in [1.165, 1.54) is 0 Å². The van der Waals surface area contributed by atoms with Crippen LogP contribution in [-0.4, -0.2) is 0 Å². The molecule has 78 valence electrons. The van der Waals surface area contributed by atoms with Gasteiger partial charge in [0.05, 0.1) is 0 Å². The Labute approximate surface area is 93.3 Å². The molecule has 16 heavy (non-hydrogen) atoms. The summed E-state index contributed by atoms with van der Waals surface area (Å²) in [5, 5.41) is 3.76. The molecule has 3 aromatic rings. The van der Waals surface area contributed by atoms with Crippen molar-refractivity contribution < 1.29 is 4.39 Å². The van der Waals surface area contributed by atoms with Crippen molar-refractivity contribution in [3.8, 4) is 0 Å². The smallest absolute Gasteiger partial charge is 0.131 e. The summed E-state index contributed by atoms with van der Waals surface area (Å²) in [5.74, 6) is -0.145. The number of rotatable bonds is 0. The highest BCUT2D eigenvalue weighted by Crippen LogP contribution is 2.28. The molecule has 0 radical (unpaired) electrons. The van der Waals surface area contributed by atoms with E-state index in [2.05, 4.69) is 12.1 Å². The second kappa shape index (κ2) is 3.31. The minimum Gasteiger partial charge on any atom is -0.206 e. The van der Waals surface area contributed by atoms with Crippen molar-refractivity contribution in [2.45, 2.75) is 6.92 Å². The van der Waals surface area contributed by atoms with Crippen molar-refractivity contribution in [3.05, 3.63) is 59.9 Å². The average Bonchev–Trinajstić information content (AvgIpc) is 2.29. The second-order valence-corrected chi connectivity index (χ2v) is 4.13. The molecule has 0 nitrogen and oxygen atoms in total. The van der Waals surface area contributed by atoms with Gasteiger partial charge >= 0.3 is 0 Å². The number of fused-ring (bicyclic) bond motifs is 3. The number of benzene rings is 3. The van der Waals surface area contributed by atoms with Gasteiger partial charge < -0.3 is 0 Å². The van der Waals surface area contributed by atoms with Crippen LogP contribution in [-0.2, 0) is 0 Å². The summed E-state index contributed by atoms with van der Waals surface area (Å²) >= 11 is 0. The molecular formula is C15H11F. The van der Waals surface area contributed by atoms with Gasteiger partial charge in [-0.2, -0.15) is 0 Å². The molecule has 0 heterocycles. The van der Waals surface area contributed by atoms with Crippen molar-refractivity contribution in [1.82, 2.24) is 0 Å². The van der Waals surface area contributed by atoms with Crippen LogP contribution in [0.15, 0.2) is 48.5 Å². The van der Waals surface area contributed by atoms with Gasteiger partial charge in [-0.25, -0.2) is 4.39 Å². The molecule has 0 saturated heterocycles. The lowest BCUT2D eigenvalue weighted by Crippen LogP contribution is -1.83. The zero-order valence-electron chi connectivity index (χ0n) is 9.00. The van der Waals surface area contributed by atoms with E-state index < -0.39 is 0 Å². The summed E-state index contributed by atoms with van der Waals surface area (Å²) in [5.41, 5.74) is 1.15. The first-order valence-electron chi connectivity index (χ1n) is 5.33. The van der Waals surface area contributed by atoms with Crippen LogP contribution in [0.5, 0.6) is 0 Å². The van der Waals surface area contributed by atoms with Gasteiger partial charge in [-0.1, -0.05) is 48.0 Å². The largest absolute Gasteiger partial charge is 0.206 e. The van der Waals surface area contributed by atoms with Gasteiger partial charge in [0, 0.05) is 5.39 Å². The Bertz CT molecular complexity index is 683. The molecule has 3 rings (SSSR count).